The van der Waals surface area contributed by atoms with E-state index in [2.05, 4.69) is 6.92 Å². The van der Waals surface area contributed by atoms with E-state index in [0.717, 1.165) is 12.8 Å². The van der Waals surface area contributed by atoms with E-state index in [1.54, 1.807) is 0 Å². The maximum absolute atomic E-state index is 10.6. The number of carboxylic acid groups (broad SMARTS) is 1. The van der Waals surface area contributed by atoms with Crippen molar-refractivity contribution < 1.29 is 9.90 Å². The zero-order chi connectivity index (χ0) is 9.69. The summed E-state index contributed by atoms with van der Waals surface area (Å²) in [6.45, 7) is 2.25. The third-order valence-electron chi connectivity index (χ3n) is 3.99. The molecule has 3 N–H and O–H groups in total. The van der Waals surface area contributed by atoms with Crippen molar-refractivity contribution in [2.45, 2.75) is 44.6 Å². The van der Waals surface area contributed by atoms with Crippen LogP contribution in [-0.2, 0) is 4.79 Å². The standard InChI is InChI=1S/C10H17NO2/c1-9-4-2-3-7(9)10(11,6-9)5-8(12)13/h7H,2-6,11H2,1H3,(H,12,13)/t7-,9-,10-/m1/s1. The maximum atomic E-state index is 10.6. The zero-order valence-corrected chi connectivity index (χ0v) is 8.05. The van der Waals surface area contributed by atoms with E-state index in [1.807, 2.05) is 0 Å². The fourth-order valence-corrected chi connectivity index (χ4v) is 3.64. The second-order valence-corrected chi connectivity index (χ2v) is 5.08. The molecule has 2 saturated carbocycles. The summed E-state index contributed by atoms with van der Waals surface area (Å²) in [5.41, 5.74) is 6.07. The number of carbonyl (C=O) groups is 1. The maximum Gasteiger partial charge on any atom is 0.305 e. The quantitative estimate of drug-likeness (QED) is 0.679. The molecule has 3 heteroatoms. The molecule has 3 nitrogen and oxygen atoms in total. The van der Waals surface area contributed by atoms with Gasteiger partial charge in [0.25, 0.3) is 0 Å². The number of fused-ring (bicyclic) bond motifs is 1. The van der Waals surface area contributed by atoms with Gasteiger partial charge in [-0.05, 0) is 30.6 Å². The summed E-state index contributed by atoms with van der Waals surface area (Å²) in [5.74, 6) is -0.299. The van der Waals surface area contributed by atoms with E-state index >= 15 is 0 Å². The molecule has 0 saturated heterocycles. The van der Waals surface area contributed by atoms with Gasteiger partial charge in [-0.25, -0.2) is 0 Å². The molecule has 0 radical (unpaired) electrons. The third-order valence-corrected chi connectivity index (χ3v) is 3.99. The van der Waals surface area contributed by atoms with Crippen molar-refractivity contribution in [2.24, 2.45) is 17.1 Å². The zero-order valence-electron chi connectivity index (χ0n) is 8.05. The van der Waals surface area contributed by atoms with Gasteiger partial charge in [-0.1, -0.05) is 13.3 Å². The molecule has 0 aromatic carbocycles. The first-order valence-corrected chi connectivity index (χ1v) is 4.97. The summed E-state index contributed by atoms with van der Waals surface area (Å²) in [4.78, 5) is 10.6. The molecule has 0 heterocycles. The van der Waals surface area contributed by atoms with Crippen LogP contribution in [0.3, 0.4) is 0 Å². The molecule has 0 spiro atoms. The summed E-state index contributed by atoms with van der Waals surface area (Å²) >= 11 is 0. The number of nitrogens with two attached hydrogens (primary N) is 1. The number of carboxylic acids is 1. The first-order chi connectivity index (χ1) is 5.96. The largest absolute Gasteiger partial charge is 0.481 e. The van der Waals surface area contributed by atoms with Gasteiger partial charge in [0.15, 0.2) is 0 Å². The highest BCUT2D eigenvalue weighted by atomic mass is 16.4. The van der Waals surface area contributed by atoms with Crippen LogP contribution in [0.4, 0.5) is 0 Å². The van der Waals surface area contributed by atoms with Crippen LogP contribution in [0.5, 0.6) is 0 Å². The molecule has 2 fully saturated rings. The highest BCUT2D eigenvalue weighted by molar-refractivity contribution is 5.69. The summed E-state index contributed by atoms with van der Waals surface area (Å²) in [6.07, 6.45) is 4.63. The van der Waals surface area contributed by atoms with E-state index in [-0.39, 0.29) is 6.42 Å². The lowest BCUT2D eigenvalue weighted by Gasteiger charge is -2.57. The summed E-state index contributed by atoms with van der Waals surface area (Å²) in [6, 6.07) is 0. The van der Waals surface area contributed by atoms with Crippen LogP contribution in [0.2, 0.25) is 0 Å². The average Bonchev–Trinajstić information content (AvgIpc) is 2.25. The average molecular weight is 183 g/mol. The van der Waals surface area contributed by atoms with Gasteiger partial charge in [-0.2, -0.15) is 0 Å². The predicted molar refractivity (Wildman–Crippen MR) is 49.2 cm³/mol. The van der Waals surface area contributed by atoms with Crippen LogP contribution in [0.1, 0.15) is 39.0 Å². The lowest BCUT2D eigenvalue weighted by molar-refractivity contribution is -0.143. The highest BCUT2D eigenvalue weighted by Crippen LogP contribution is 2.62. The molecular weight excluding hydrogens is 166 g/mol. The van der Waals surface area contributed by atoms with Crippen molar-refractivity contribution in [3.63, 3.8) is 0 Å². The molecule has 0 aliphatic heterocycles. The molecule has 2 aliphatic rings. The van der Waals surface area contributed by atoms with Gasteiger partial charge in [0.1, 0.15) is 0 Å². The summed E-state index contributed by atoms with van der Waals surface area (Å²) in [5, 5.41) is 8.74. The Morgan fingerprint density at radius 1 is 1.69 bits per heavy atom. The Morgan fingerprint density at radius 2 is 2.38 bits per heavy atom. The fourth-order valence-electron chi connectivity index (χ4n) is 3.64. The van der Waals surface area contributed by atoms with Crippen LogP contribution in [-0.4, -0.2) is 16.6 Å². The molecule has 0 unspecified atom stereocenters. The molecule has 0 bridgehead atoms. The van der Waals surface area contributed by atoms with Gasteiger partial charge in [0.2, 0.25) is 0 Å². The van der Waals surface area contributed by atoms with Crippen molar-refractivity contribution in [3.8, 4) is 0 Å². The minimum absolute atomic E-state index is 0.146. The van der Waals surface area contributed by atoms with Crippen molar-refractivity contribution in [2.75, 3.05) is 0 Å². The van der Waals surface area contributed by atoms with E-state index in [1.165, 1.54) is 12.8 Å². The smallest absolute Gasteiger partial charge is 0.305 e. The van der Waals surface area contributed by atoms with Crippen molar-refractivity contribution in [1.29, 1.82) is 0 Å². The number of aliphatic carboxylic acids is 1. The Bertz CT molecular complexity index is 253. The van der Waals surface area contributed by atoms with E-state index < -0.39 is 11.5 Å². The Morgan fingerprint density at radius 3 is 2.92 bits per heavy atom. The molecule has 0 amide bonds. The normalized spacial score (nSPS) is 48.3. The molecule has 13 heavy (non-hydrogen) atoms. The Labute approximate surface area is 78.3 Å². The first kappa shape index (κ1) is 9.00. The van der Waals surface area contributed by atoms with E-state index in [0.29, 0.717) is 11.3 Å². The lowest BCUT2D eigenvalue weighted by atomic mass is 9.51. The van der Waals surface area contributed by atoms with Crippen molar-refractivity contribution in [3.05, 3.63) is 0 Å². The second-order valence-electron chi connectivity index (χ2n) is 5.08. The van der Waals surface area contributed by atoms with Crippen molar-refractivity contribution in [1.82, 2.24) is 0 Å². The highest BCUT2D eigenvalue weighted by Gasteiger charge is 2.60. The van der Waals surface area contributed by atoms with Crippen LogP contribution in [0, 0.1) is 11.3 Å². The van der Waals surface area contributed by atoms with Gasteiger partial charge in [-0.15, -0.1) is 0 Å². The third kappa shape index (κ3) is 1.17. The molecular formula is C10H17NO2. The molecule has 0 aromatic heterocycles. The number of hydrogen-bond donors (Lipinski definition) is 2. The Hall–Kier alpha value is -0.570. The topological polar surface area (TPSA) is 63.3 Å². The van der Waals surface area contributed by atoms with Crippen LogP contribution in [0.15, 0.2) is 0 Å². The molecule has 2 aliphatic carbocycles. The summed E-state index contributed by atoms with van der Waals surface area (Å²) < 4.78 is 0. The number of hydrogen-bond acceptors (Lipinski definition) is 2. The van der Waals surface area contributed by atoms with Gasteiger partial charge in [0, 0.05) is 5.54 Å². The Balaban J connectivity index is 2.08. The monoisotopic (exact) mass is 183 g/mol. The van der Waals surface area contributed by atoms with Gasteiger partial charge < -0.3 is 10.8 Å². The minimum atomic E-state index is -0.753. The van der Waals surface area contributed by atoms with E-state index in [9.17, 15) is 4.79 Å². The molecule has 3 atom stereocenters. The second kappa shape index (κ2) is 2.47. The predicted octanol–water partition coefficient (Wildman–Crippen LogP) is 1.37. The van der Waals surface area contributed by atoms with Crippen LogP contribution in [0.25, 0.3) is 0 Å². The SMILES string of the molecule is C[C@]12CCC[C@H]1[C@@](N)(CC(=O)O)C2. The Kier molecular flexibility index (Phi) is 1.71. The van der Waals surface area contributed by atoms with Crippen LogP contribution >= 0.6 is 0 Å². The molecule has 2 rings (SSSR count). The fraction of sp³-hybridized carbons (Fsp3) is 0.900. The summed E-state index contributed by atoms with van der Waals surface area (Å²) in [7, 11) is 0. The van der Waals surface area contributed by atoms with E-state index in [4.69, 9.17) is 10.8 Å². The van der Waals surface area contributed by atoms with Gasteiger partial charge >= 0.3 is 5.97 Å². The van der Waals surface area contributed by atoms with Gasteiger partial charge in [0.05, 0.1) is 6.42 Å². The lowest BCUT2D eigenvalue weighted by Crippen LogP contribution is -2.64. The van der Waals surface area contributed by atoms with Crippen LogP contribution < -0.4 is 5.73 Å². The first-order valence-electron chi connectivity index (χ1n) is 4.97. The molecule has 0 aromatic rings. The number of rotatable bonds is 2. The van der Waals surface area contributed by atoms with Crippen molar-refractivity contribution >= 4 is 5.97 Å². The van der Waals surface area contributed by atoms with Gasteiger partial charge in [-0.3, -0.25) is 4.79 Å². The minimum Gasteiger partial charge on any atom is -0.481 e. The molecule has 74 valence electrons.